The topological polar surface area (TPSA) is 85.4 Å². The smallest absolute Gasteiger partial charge is 0.418 e. The van der Waals surface area contributed by atoms with Crippen LogP contribution in [0.4, 0.5) is 24.5 Å². The van der Waals surface area contributed by atoms with E-state index in [1.807, 2.05) is 0 Å². The zero-order chi connectivity index (χ0) is 19.1. The third kappa shape index (κ3) is 3.10. The molecular formula is C17H11F3N2O4. The molecule has 3 aromatic rings. The Morgan fingerprint density at radius 1 is 1.19 bits per heavy atom. The number of halogens is 3. The molecule has 0 aliphatic rings. The van der Waals surface area contributed by atoms with Gasteiger partial charge in [0.05, 0.1) is 16.2 Å². The number of fused-ring (bicyclic) bond motifs is 1. The minimum atomic E-state index is -4.88. The first kappa shape index (κ1) is 17.5. The largest absolute Gasteiger partial charge is 0.451 e. The zero-order valence-electron chi connectivity index (χ0n) is 13.3. The maximum Gasteiger partial charge on any atom is 0.418 e. The molecule has 3 rings (SSSR count). The van der Waals surface area contributed by atoms with Crippen molar-refractivity contribution in [1.82, 2.24) is 0 Å². The highest BCUT2D eigenvalue weighted by Gasteiger charge is 2.36. The summed E-state index contributed by atoms with van der Waals surface area (Å²) in [5, 5.41) is 13.5. The quantitative estimate of drug-likeness (QED) is 0.528. The van der Waals surface area contributed by atoms with E-state index in [9.17, 15) is 28.1 Å². The minimum absolute atomic E-state index is 0.127. The number of non-ortho nitro benzene ring substituents is 1. The van der Waals surface area contributed by atoms with Crippen molar-refractivity contribution in [3.05, 3.63) is 69.5 Å². The van der Waals surface area contributed by atoms with Crippen LogP contribution >= 0.6 is 0 Å². The number of nitrogens with one attached hydrogen (secondary N) is 1. The fourth-order valence-corrected chi connectivity index (χ4v) is 2.56. The zero-order valence-corrected chi connectivity index (χ0v) is 13.3. The van der Waals surface area contributed by atoms with Crippen LogP contribution in [0.2, 0.25) is 0 Å². The first-order valence-corrected chi connectivity index (χ1v) is 7.33. The van der Waals surface area contributed by atoms with E-state index in [2.05, 4.69) is 5.32 Å². The monoisotopic (exact) mass is 364 g/mol. The number of anilines is 1. The van der Waals surface area contributed by atoms with E-state index in [-0.39, 0.29) is 5.76 Å². The van der Waals surface area contributed by atoms with Gasteiger partial charge in [0.2, 0.25) is 0 Å². The number of carbonyl (C=O) groups is 1. The lowest BCUT2D eigenvalue weighted by molar-refractivity contribution is -0.385. The third-order valence-corrected chi connectivity index (χ3v) is 3.82. The second-order valence-corrected chi connectivity index (χ2v) is 5.49. The summed E-state index contributed by atoms with van der Waals surface area (Å²) in [7, 11) is 0. The number of nitro benzene ring substituents is 1. The van der Waals surface area contributed by atoms with E-state index in [4.69, 9.17) is 4.42 Å². The summed E-state index contributed by atoms with van der Waals surface area (Å²) < 4.78 is 45.0. The molecule has 0 atom stereocenters. The summed E-state index contributed by atoms with van der Waals surface area (Å²) >= 11 is 0. The molecule has 0 spiro atoms. The van der Waals surface area contributed by atoms with E-state index < -0.39 is 33.9 Å². The first-order valence-electron chi connectivity index (χ1n) is 7.33. The molecule has 26 heavy (non-hydrogen) atoms. The van der Waals surface area contributed by atoms with Crippen LogP contribution in [0.15, 0.2) is 46.9 Å². The van der Waals surface area contributed by atoms with Crippen molar-refractivity contribution in [1.29, 1.82) is 0 Å². The number of rotatable bonds is 3. The number of amides is 1. The van der Waals surface area contributed by atoms with Gasteiger partial charge in [0.25, 0.3) is 11.6 Å². The minimum Gasteiger partial charge on any atom is -0.451 e. The number of carbonyl (C=O) groups excluding carboxylic acids is 1. The SMILES string of the molecule is Cc1c(C(=O)Nc2ccc([N+](=O)[O-])cc2C(F)(F)F)oc2ccccc12. The Labute approximate surface area is 144 Å². The lowest BCUT2D eigenvalue weighted by Gasteiger charge is -2.13. The van der Waals surface area contributed by atoms with Gasteiger partial charge in [0.15, 0.2) is 5.76 Å². The number of hydrogen-bond acceptors (Lipinski definition) is 4. The molecule has 0 saturated carbocycles. The molecule has 1 N–H and O–H groups in total. The first-order chi connectivity index (χ1) is 12.2. The van der Waals surface area contributed by atoms with Gasteiger partial charge in [-0.05, 0) is 19.1 Å². The maximum absolute atomic E-state index is 13.2. The number of nitrogens with zero attached hydrogens (tertiary/aromatic N) is 1. The van der Waals surface area contributed by atoms with Crippen LogP contribution in [0.25, 0.3) is 11.0 Å². The number of alkyl halides is 3. The highest BCUT2D eigenvalue weighted by Crippen LogP contribution is 2.37. The van der Waals surface area contributed by atoms with Gasteiger partial charge in [-0.15, -0.1) is 0 Å². The van der Waals surface area contributed by atoms with Gasteiger partial charge in [-0.1, -0.05) is 18.2 Å². The maximum atomic E-state index is 13.2. The molecule has 0 radical (unpaired) electrons. The second-order valence-electron chi connectivity index (χ2n) is 5.49. The predicted molar refractivity (Wildman–Crippen MR) is 87.0 cm³/mol. The van der Waals surface area contributed by atoms with E-state index >= 15 is 0 Å². The van der Waals surface area contributed by atoms with Crippen LogP contribution in [0, 0.1) is 17.0 Å². The fraction of sp³-hybridized carbons (Fsp3) is 0.118. The number of benzene rings is 2. The summed E-state index contributed by atoms with van der Waals surface area (Å²) in [6.45, 7) is 1.61. The van der Waals surface area contributed by atoms with Gasteiger partial charge in [-0.25, -0.2) is 0 Å². The molecule has 1 aromatic heterocycles. The second kappa shape index (κ2) is 6.17. The molecule has 0 saturated heterocycles. The van der Waals surface area contributed by atoms with E-state index in [1.54, 1.807) is 31.2 Å². The summed E-state index contributed by atoms with van der Waals surface area (Å²) in [4.78, 5) is 22.2. The standard InChI is InChI=1S/C17H11F3N2O4/c1-9-11-4-2-3-5-14(11)26-15(9)16(23)21-13-7-6-10(22(24)25)8-12(13)17(18,19)20/h2-8H,1H3,(H,21,23). The molecule has 1 heterocycles. The van der Waals surface area contributed by atoms with Gasteiger partial charge in [0, 0.05) is 23.1 Å². The van der Waals surface area contributed by atoms with Crippen molar-refractivity contribution in [3.63, 3.8) is 0 Å². The number of furan rings is 1. The van der Waals surface area contributed by atoms with E-state index in [0.29, 0.717) is 22.6 Å². The van der Waals surface area contributed by atoms with Gasteiger partial charge in [-0.2, -0.15) is 13.2 Å². The fourth-order valence-electron chi connectivity index (χ4n) is 2.56. The molecule has 2 aromatic carbocycles. The van der Waals surface area contributed by atoms with Gasteiger partial charge >= 0.3 is 6.18 Å². The van der Waals surface area contributed by atoms with Crippen LogP contribution < -0.4 is 5.32 Å². The predicted octanol–water partition coefficient (Wildman–Crippen LogP) is 4.92. The molecular weight excluding hydrogens is 353 g/mol. The Hall–Kier alpha value is -3.36. The average Bonchev–Trinajstić information content (AvgIpc) is 2.91. The molecule has 0 fully saturated rings. The Morgan fingerprint density at radius 3 is 2.50 bits per heavy atom. The number of nitro groups is 1. The molecule has 6 nitrogen and oxygen atoms in total. The molecule has 1 amide bonds. The highest BCUT2D eigenvalue weighted by atomic mass is 19.4. The summed E-state index contributed by atoms with van der Waals surface area (Å²) in [5.74, 6) is -1.00. The summed E-state index contributed by atoms with van der Waals surface area (Å²) in [6.07, 6.45) is -4.88. The Bertz CT molecular complexity index is 1020. The third-order valence-electron chi connectivity index (χ3n) is 3.82. The van der Waals surface area contributed by atoms with Crippen molar-refractivity contribution in [2.75, 3.05) is 5.32 Å². The molecule has 0 bridgehead atoms. The van der Waals surface area contributed by atoms with Crippen molar-refractivity contribution < 1.29 is 27.3 Å². The number of para-hydroxylation sites is 1. The van der Waals surface area contributed by atoms with Crippen LogP contribution in [0.1, 0.15) is 21.7 Å². The molecule has 0 aliphatic carbocycles. The molecule has 0 aliphatic heterocycles. The summed E-state index contributed by atoms with van der Waals surface area (Å²) in [5.41, 5.74) is -1.72. The molecule has 9 heteroatoms. The lowest BCUT2D eigenvalue weighted by atomic mass is 10.1. The van der Waals surface area contributed by atoms with E-state index in [0.717, 1.165) is 12.1 Å². The van der Waals surface area contributed by atoms with Gasteiger partial charge in [0.1, 0.15) is 5.58 Å². The van der Waals surface area contributed by atoms with Crippen LogP contribution in [0.5, 0.6) is 0 Å². The van der Waals surface area contributed by atoms with Gasteiger partial charge < -0.3 is 9.73 Å². The average molecular weight is 364 g/mol. The Kier molecular flexibility index (Phi) is 4.15. The van der Waals surface area contributed by atoms with Gasteiger partial charge in [-0.3, -0.25) is 14.9 Å². The Morgan fingerprint density at radius 2 is 1.88 bits per heavy atom. The highest BCUT2D eigenvalue weighted by molar-refractivity contribution is 6.06. The molecule has 0 unspecified atom stereocenters. The van der Waals surface area contributed by atoms with E-state index in [1.165, 1.54) is 0 Å². The van der Waals surface area contributed by atoms with Crippen molar-refractivity contribution in [2.45, 2.75) is 13.1 Å². The normalized spacial score (nSPS) is 11.5. The van der Waals surface area contributed by atoms with Crippen molar-refractivity contribution >= 4 is 28.3 Å². The number of aryl methyl sites for hydroxylation is 1. The number of hydrogen-bond donors (Lipinski definition) is 1. The Balaban J connectivity index is 2.01. The van der Waals surface area contributed by atoms with Crippen molar-refractivity contribution in [2.24, 2.45) is 0 Å². The lowest BCUT2D eigenvalue weighted by Crippen LogP contribution is -2.17. The van der Waals surface area contributed by atoms with Crippen LogP contribution in [-0.4, -0.2) is 10.8 Å². The molecule has 134 valence electrons. The van der Waals surface area contributed by atoms with Crippen LogP contribution in [-0.2, 0) is 6.18 Å². The summed E-state index contributed by atoms with van der Waals surface area (Å²) in [6, 6.07) is 8.90. The van der Waals surface area contributed by atoms with Crippen LogP contribution in [0.3, 0.4) is 0 Å². The van der Waals surface area contributed by atoms with Crippen molar-refractivity contribution in [3.8, 4) is 0 Å².